The summed E-state index contributed by atoms with van der Waals surface area (Å²) >= 11 is 0. The van der Waals surface area contributed by atoms with Gasteiger partial charge in [-0.2, -0.15) is 5.10 Å². The highest BCUT2D eigenvalue weighted by atomic mass is 16.5. The van der Waals surface area contributed by atoms with Gasteiger partial charge in [0.05, 0.1) is 13.3 Å². The number of urea groups is 1. The zero-order valence-electron chi connectivity index (χ0n) is 13.2. The molecule has 0 spiro atoms. The van der Waals surface area contributed by atoms with Gasteiger partial charge in [0.2, 0.25) is 0 Å². The Bertz CT molecular complexity index is 876. The molecular weight excluding hydrogens is 302 g/mol. The summed E-state index contributed by atoms with van der Waals surface area (Å²) in [4.78, 5) is 11.8. The summed E-state index contributed by atoms with van der Waals surface area (Å²) in [5.74, 6) is 0.803. The smallest absolute Gasteiger partial charge is 0.339 e. The highest BCUT2D eigenvalue weighted by Crippen LogP contribution is 2.27. The fourth-order valence-corrected chi connectivity index (χ4v) is 2.43. The maximum Gasteiger partial charge on any atom is 0.339 e. The molecular formula is C19H17N3O2. The fraction of sp³-hybridized carbons (Fsp3) is 0.0526. The Hall–Kier alpha value is -3.34. The summed E-state index contributed by atoms with van der Waals surface area (Å²) in [5, 5.41) is 8.72. The number of para-hydroxylation sites is 1. The molecule has 2 amide bonds. The van der Waals surface area contributed by atoms with Gasteiger partial charge >= 0.3 is 6.03 Å². The van der Waals surface area contributed by atoms with Crippen molar-refractivity contribution in [2.45, 2.75) is 0 Å². The van der Waals surface area contributed by atoms with E-state index in [1.54, 1.807) is 25.5 Å². The Morgan fingerprint density at radius 2 is 1.67 bits per heavy atom. The van der Waals surface area contributed by atoms with Gasteiger partial charge in [0.1, 0.15) is 5.75 Å². The molecule has 0 aliphatic rings. The third-order valence-corrected chi connectivity index (χ3v) is 3.54. The number of anilines is 1. The quantitative estimate of drug-likeness (QED) is 0.564. The van der Waals surface area contributed by atoms with Gasteiger partial charge in [0.25, 0.3) is 0 Å². The first-order valence-corrected chi connectivity index (χ1v) is 7.49. The molecule has 3 aromatic rings. The number of ether oxygens (including phenoxy) is 1. The van der Waals surface area contributed by atoms with Crippen LogP contribution < -0.4 is 15.5 Å². The molecule has 0 atom stereocenters. The lowest BCUT2D eigenvalue weighted by Gasteiger charge is -2.07. The van der Waals surface area contributed by atoms with Crippen LogP contribution in [0.3, 0.4) is 0 Å². The van der Waals surface area contributed by atoms with Crippen LogP contribution in [0.4, 0.5) is 10.5 Å². The van der Waals surface area contributed by atoms with Crippen molar-refractivity contribution in [1.29, 1.82) is 0 Å². The summed E-state index contributed by atoms with van der Waals surface area (Å²) < 4.78 is 5.37. The molecule has 5 heteroatoms. The van der Waals surface area contributed by atoms with Gasteiger partial charge in [-0.1, -0.05) is 42.5 Å². The molecule has 0 aromatic heterocycles. The van der Waals surface area contributed by atoms with Crippen LogP contribution in [0, 0.1) is 0 Å². The number of nitrogens with zero attached hydrogens (tertiary/aromatic N) is 1. The van der Waals surface area contributed by atoms with Gasteiger partial charge in [-0.05, 0) is 29.7 Å². The molecule has 0 aliphatic carbocycles. The number of methoxy groups -OCH3 is 1. The van der Waals surface area contributed by atoms with Crippen LogP contribution in [0.1, 0.15) is 5.56 Å². The minimum atomic E-state index is -0.393. The highest BCUT2D eigenvalue weighted by molar-refractivity contribution is 6.02. The van der Waals surface area contributed by atoms with Gasteiger partial charge in [0.15, 0.2) is 0 Å². The Morgan fingerprint density at radius 1 is 0.958 bits per heavy atom. The predicted molar refractivity (Wildman–Crippen MR) is 96.7 cm³/mol. The molecule has 3 rings (SSSR count). The van der Waals surface area contributed by atoms with E-state index < -0.39 is 6.03 Å². The molecule has 24 heavy (non-hydrogen) atoms. The first-order chi connectivity index (χ1) is 11.8. The summed E-state index contributed by atoms with van der Waals surface area (Å²) in [5.41, 5.74) is 4.06. The largest absolute Gasteiger partial charge is 0.496 e. The number of amides is 2. The van der Waals surface area contributed by atoms with Gasteiger partial charge in [0, 0.05) is 16.6 Å². The van der Waals surface area contributed by atoms with Gasteiger partial charge in [-0.15, -0.1) is 0 Å². The number of rotatable bonds is 4. The molecule has 0 heterocycles. The summed E-state index contributed by atoms with van der Waals surface area (Å²) in [6.45, 7) is 0. The Balaban J connectivity index is 1.73. The second-order valence-corrected chi connectivity index (χ2v) is 5.09. The Kier molecular flexibility index (Phi) is 4.72. The van der Waals surface area contributed by atoms with Crippen LogP contribution in [-0.4, -0.2) is 19.4 Å². The van der Waals surface area contributed by atoms with Crippen molar-refractivity contribution in [3.63, 3.8) is 0 Å². The van der Waals surface area contributed by atoms with Crippen molar-refractivity contribution in [2.24, 2.45) is 5.10 Å². The van der Waals surface area contributed by atoms with Crippen molar-refractivity contribution in [3.8, 4) is 5.75 Å². The van der Waals surface area contributed by atoms with Crippen LogP contribution in [0.15, 0.2) is 71.8 Å². The topological polar surface area (TPSA) is 62.7 Å². The van der Waals surface area contributed by atoms with E-state index >= 15 is 0 Å². The van der Waals surface area contributed by atoms with Gasteiger partial charge in [-0.25, -0.2) is 10.2 Å². The van der Waals surface area contributed by atoms with Gasteiger partial charge in [-0.3, -0.25) is 0 Å². The summed E-state index contributed by atoms with van der Waals surface area (Å²) in [6.07, 6.45) is 1.62. The van der Waals surface area contributed by atoms with E-state index in [-0.39, 0.29) is 0 Å². The lowest BCUT2D eigenvalue weighted by Crippen LogP contribution is -2.24. The van der Waals surface area contributed by atoms with Crippen LogP contribution in [-0.2, 0) is 0 Å². The van der Waals surface area contributed by atoms with E-state index in [2.05, 4.69) is 15.8 Å². The maximum atomic E-state index is 11.8. The predicted octanol–water partition coefficient (Wildman–Crippen LogP) is 4.00. The normalized spacial score (nSPS) is 10.7. The zero-order chi connectivity index (χ0) is 16.8. The zero-order valence-corrected chi connectivity index (χ0v) is 13.2. The van der Waals surface area contributed by atoms with E-state index in [0.29, 0.717) is 5.69 Å². The lowest BCUT2D eigenvalue weighted by molar-refractivity contribution is 0.252. The lowest BCUT2D eigenvalue weighted by atomic mass is 10.0. The van der Waals surface area contributed by atoms with E-state index in [1.165, 1.54) is 0 Å². The molecule has 0 saturated heterocycles. The number of nitrogens with one attached hydrogen (secondary N) is 2. The van der Waals surface area contributed by atoms with Crippen molar-refractivity contribution < 1.29 is 9.53 Å². The third-order valence-electron chi connectivity index (χ3n) is 3.54. The fourth-order valence-electron chi connectivity index (χ4n) is 2.43. The molecule has 5 nitrogen and oxygen atoms in total. The van der Waals surface area contributed by atoms with Gasteiger partial charge < -0.3 is 10.1 Å². The van der Waals surface area contributed by atoms with Crippen molar-refractivity contribution in [2.75, 3.05) is 12.4 Å². The molecule has 120 valence electrons. The molecule has 0 fully saturated rings. The highest BCUT2D eigenvalue weighted by Gasteiger charge is 2.04. The van der Waals surface area contributed by atoms with E-state index in [9.17, 15) is 4.79 Å². The first kappa shape index (κ1) is 15.6. The van der Waals surface area contributed by atoms with Crippen LogP contribution in [0.5, 0.6) is 5.75 Å². The minimum Gasteiger partial charge on any atom is -0.496 e. The second kappa shape index (κ2) is 7.28. The SMILES string of the molecule is COc1ccc(/C=N/NC(=O)Nc2ccccc2)c2ccccc12. The average molecular weight is 319 g/mol. The number of hydrazone groups is 1. The standard InChI is InChI=1S/C19H17N3O2/c1-24-18-12-11-14(16-9-5-6-10-17(16)18)13-20-22-19(23)21-15-7-3-2-4-8-15/h2-13H,1H3,(H2,21,22,23)/b20-13+. The maximum absolute atomic E-state index is 11.8. The van der Waals surface area contributed by atoms with Crippen molar-refractivity contribution >= 4 is 28.7 Å². The number of carbonyl (C=O) groups excluding carboxylic acids is 1. The van der Waals surface area contributed by atoms with Crippen molar-refractivity contribution in [3.05, 3.63) is 72.3 Å². The molecule has 0 unspecified atom stereocenters. The van der Waals surface area contributed by atoms with E-state index in [1.807, 2.05) is 54.6 Å². The number of hydrogen-bond donors (Lipinski definition) is 2. The van der Waals surface area contributed by atoms with E-state index in [0.717, 1.165) is 22.1 Å². The number of benzene rings is 3. The Morgan fingerprint density at radius 3 is 2.42 bits per heavy atom. The second-order valence-electron chi connectivity index (χ2n) is 5.09. The summed E-state index contributed by atoms with van der Waals surface area (Å²) in [6, 6.07) is 20.5. The molecule has 0 bridgehead atoms. The number of hydrogen-bond acceptors (Lipinski definition) is 3. The number of fused-ring (bicyclic) bond motifs is 1. The van der Waals surface area contributed by atoms with Crippen molar-refractivity contribution in [1.82, 2.24) is 5.43 Å². The van der Waals surface area contributed by atoms with Crippen LogP contribution in [0.25, 0.3) is 10.8 Å². The summed E-state index contributed by atoms with van der Waals surface area (Å²) in [7, 11) is 1.64. The monoisotopic (exact) mass is 319 g/mol. The average Bonchev–Trinajstić information content (AvgIpc) is 2.62. The molecule has 0 aliphatic heterocycles. The molecule has 0 radical (unpaired) electrons. The third kappa shape index (κ3) is 3.52. The Labute approximate surface area is 140 Å². The molecule has 2 N–H and O–H groups in total. The van der Waals surface area contributed by atoms with Crippen LogP contribution in [0.2, 0.25) is 0 Å². The number of carbonyl (C=O) groups is 1. The first-order valence-electron chi connectivity index (χ1n) is 7.49. The molecule has 3 aromatic carbocycles. The molecule has 0 saturated carbocycles. The van der Waals surface area contributed by atoms with Crippen LogP contribution >= 0.6 is 0 Å². The van der Waals surface area contributed by atoms with E-state index in [4.69, 9.17) is 4.74 Å². The minimum absolute atomic E-state index is 0.393.